The zero-order valence-corrected chi connectivity index (χ0v) is 16.9. The van der Waals surface area contributed by atoms with Crippen LogP contribution in [-0.2, 0) is 28.9 Å². The summed E-state index contributed by atoms with van der Waals surface area (Å²) < 4.78 is 10.6. The third-order valence-corrected chi connectivity index (χ3v) is 6.06. The molecule has 2 aromatic heterocycles. The number of nitrogens with one attached hydrogen (secondary N) is 1. The second kappa shape index (κ2) is 8.71. The van der Waals surface area contributed by atoms with Gasteiger partial charge in [0.15, 0.2) is 11.8 Å². The molecule has 1 aliphatic carbocycles. The van der Waals surface area contributed by atoms with Gasteiger partial charge in [0, 0.05) is 4.88 Å². The highest BCUT2D eigenvalue weighted by molar-refractivity contribution is 7.17. The third kappa shape index (κ3) is 4.59. The van der Waals surface area contributed by atoms with E-state index < -0.39 is 0 Å². The standard InChI is InChI=1S/C20H26N2O4S/c1-4-25-20(24)17-15-8-7-12(2)10-16(15)27-19(17)22-18(23)13(3)21-11-14-6-5-9-26-14/h5-6,9,12-13,21H,4,7-8,10-11H2,1-3H3,(H,22,23)/p+1/t12-,13-/m0/s1. The molecule has 2 heterocycles. The first-order chi connectivity index (χ1) is 13.0. The predicted octanol–water partition coefficient (Wildman–Crippen LogP) is 2.73. The first kappa shape index (κ1) is 19.6. The van der Waals surface area contributed by atoms with Crippen LogP contribution < -0.4 is 10.6 Å². The van der Waals surface area contributed by atoms with Crippen molar-refractivity contribution in [2.24, 2.45) is 5.92 Å². The van der Waals surface area contributed by atoms with Crippen LogP contribution in [0.15, 0.2) is 22.8 Å². The molecule has 3 N–H and O–H groups in total. The number of fused-ring (bicyclic) bond motifs is 1. The van der Waals surface area contributed by atoms with Crippen molar-refractivity contribution in [1.82, 2.24) is 0 Å². The Bertz CT molecular complexity index is 797. The molecule has 0 radical (unpaired) electrons. The number of hydrogen-bond donors (Lipinski definition) is 2. The number of quaternary nitrogens is 1. The Morgan fingerprint density at radius 3 is 3.00 bits per heavy atom. The second-order valence-electron chi connectivity index (χ2n) is 7.07. The summed E-state index contributed by atoms with van der Waals surface area (Å²) >= 11 is 1.52. The molecule has 3 rings (SSSR count). The lowest BCUT2D eigenvalue weighted by Gasteiger charge is -2.18. The van der Waals surface area contributed by atoms with E-state index in [-0.39, 0.29) is 17.9 Å². The van der Waals surface area contributed by atoms with Crippen molar-refractivity contribution in [2.45, 2.75) is 52.6 Å². The quantitative estimate of drug-likeness (QED) is 0.711. The van der Waals surface area contributed by atoms with Crippen LogP contribution in [0.5, 0.6) is 0 Å². The van der Waals surface area contributed by atoms with E-state index in [9.17, 15) is 9.59 Å². The minimum Gasteiger partial charge on any atom is -0.463 e. The van der Waals surface area contributed by atoms with Crippen LogP contribution >= 0.6 is 11.3 Å². The van der Waals surface area contributed by atoms with Crippen LogP contribution in [0, 0.1) is 5.92 Å². The van der Waals surface area contributed by atoms with Gasteiger partial charge in [-0.2, -0.15) is 0 Å². The summed E-state index contributed by atoms with van der Waals surface area (Å²) in [5.41, 5.74) is 1.61. The van der Waals surface area contributed by atoms with Crippen LogP contribution in [0.3, 0.4) is 0 Å². The molecule has 0 bridgehead atoms. The molecule has 0 aromatic carbocycles. The lowest BCUT2D eigenvalue weighted by Crippen LogP contribution is -2.90. The molecule has 0 fully saturated rings. The zero-order valence-electron chi connectivity index (χ0n) is 16.0. The van der Waals surface area contributed by atoms with Crippen LogP contribution in [-0.4, -0.2) is 24.5 Å². The Labute approximate surface area is 163 Å². The lowest BCUT2D eigenvalue weighted by molar-refractivity contribution is -0.690. The summed E-state index contributed by atoms with van der Waals surface area (Å²) in [6.07, 6.45) is 4.48. The average molecular weight is 392 g/mol. The number of furan rings is 1. The number of carbonyl (C=O) groups excluding carboxylic acids is 2. The van der Waals surface area contributed by atoms with Gasteiger partial charge in [0.25, 0.3) is 5.91 Å². The van der Waals surface area contributed by atoms with Gasteiger partial charge in [-0.05, 0) is 56.7 Å². The minimum absolute atomic E-state index is 0.126. The average Bonchev–Trinajstić information content (AvgIpc) is 3.26. The van der Waals surface area contributed by atoms with Crippen molar-refractivity contribution in [1.29, 1.82) is 0 Å². The fourth-order valence-electron chi connectivity index (χ4n) is 3.31. The Morgan fingerprint density at radius 1 is 1.48 bits per heavy atom. The Morgan fingerprint density at radius 2 is 2.30 bits per heavy atom. The first-order valence-electron chi connectivity index (χ1n) is 9.47. The molecule has 1 aliphatic rings. The van der Waals surface area contributed by atoms with Gasteiger partial charge in [-0.25, -0.2) is 4.79 Å². The molecular weight excluding hydrogens is 364 g/mol. The van der Waals surface area contributed by atoms with E-state index in [1.165, 1.54) is 16.2 Å². The molecule has 0 unspecified atom stereocenters. The van der Waals surface area contributed by atoms with Gasteiger partial charge < -0.3 is 19.8 Å². The number of hydrogen-bond acceptors (Lipinski definition) is 5. The van der Waals surface area contributed by atoms with Crippen molar-refractivity contribution in [3.63, 3.8) is 0 Å². The monoisotopic (exact) mass is 391 g/mol. The largest absolute Gasteiger partial charge is 0.463 e. The number of anilines is 1. The fraction of sp³-hybridized carbons (Fsp3) is 0.500. The fourth-order valence-corrected chi connectivity index (χ4v) is 4.71. The summed E-state index contributed by atoms with van der Waals surface area (Å²) in [4.78, 5) is 26.4. The van der Waals surface area contributed by atoms with Gasteiger partial charge in [0.1, 0.15) is 11.5 Å². The smallest absolute Gasteiger partial charge is 0.341 e. The highest BCUT2D eigenvalue weighted by Gasteiger charge is 2.30. The number of carbonyl (C=O) groups is 2. The highest BCUT2D eigenvalue weighted by atomic mass is 32.1. The summed E-state index contributed by atoms with van der Waals surface area (Å²) in [5, 5.41) is 5.50. The predicted molar refractivity (Wildman–Crippen MR) is 104 cm³/mol. The Kier molecular flexibility index (Phi) is 6.34. The molecule has 0 saturated heterocycles. The van der Waals surface area contributed by atoms with Gasteiger partial charge in [-0.15, -0.1) is 11.3 Å². The number of amides is 1. The molecular formula is C20H27N2O4S+. The number of rotatable bonds is 7. The SMILES string of the molecule is CCOC(=O)c1c(NC(=O)[C@H](C)[NH2+]Cc2ccco2)sc2c1CC[C@H](C)C2. The van der Waals surface area contributed by atoms with E-state index >= 15 is 0 Å². The Balaban J connectivity index is 1.74. The van der Waals surface area contributed by atoms with Crippen LogP contribution in [0.2, 0.25) is 0 Å². The minimum atomic E-state index is -0.341. The maximum atomic E-state index is 12.7. The Hall–Kier alpha value is -2.12. The molecule has 1 amide bonds. The van der Waals surface area contributed by atoms with Crippen molar-refractivity contribution in [3.05, 3.63) is 40.2 Å². The summed E-state index contributed by atoms with van der Waals surface area (Å²) in [6, 6.07) is 3.41. The van der Waals surface area contributed by atoms with Crippen LogP contribution in [0.4, 0.5) is 5.00 Å². The van der Waals surface area contributed by atoms with Crippen molar-refractivity contribution in [2.75, 3.05) is 11.9 Å². The van der Waals surface area contributed by atoms with Crippen molar-refractivity contribution >= 4 is 28.2 Å². The lowest BCUT2D eigenvalue weighted by atomic mass is 9.88. The second-order valence-corrected chi connectivity index (χ2v) is 8.18. The molecule has 6 nitrogen and oxygen atoms in total. The number of esters is 1. The van der Waals surface area contributed by atoms with Crippen LogP contribution in [0.1, 0.15) is 53.8 Å². The molecule has 0 spiro atoms. The van der Waals surface area contributed by atoms with Gasteiger partial charge in [-0.3, -0.25) is 4.79 Å². The summed E-state index contributed by atoms with van der Waals surface area (Å²) in [6.45, 7) is 6.77. The van der Waals surface area contributed by atoms with E-state index in [1.807, 2.05) is 24.4 Å². The van der Waals surface area contributed by atoms with E-state index in [0.29, 0.717) is 29.6 Å². The topological polar surface area (TPSA) is 85.1 Å². The molecule has 7 heteroatoms. The number of thiophene rings is 1. The zero-order chi connectivity index (χ0) is 19.4. The van der Waals surface area contributed by atoms with Gasteiger partial charge in [-0.1, -0.05) is 6.92 Å². The van der Waals surface area contributed by atoms with E-state index in [2.05, 4.69) is 12.2 Å². The summed E-state index contributed by atoms with van der Waals surface area (Å²) in [5.74, 6) is 0.948. The maximum Gasteiger partial charge on any atom is 0.341 e. The first-order valence-corrected chi connectivity index (χ1v) is 10.3. The molecule has 2 atom stereocenters. The number of nitrogens with two attached hydrogens (primary N) is 1. The van der Waals surface area contributed by atoms with Crippen molar-refractivity contribution < 1.29 is 24.1 Å². The molecule has 0 saturated carbocycles. The van der Waals surface area contributed by atoms with Crippen LogP contribution in [0.25, 0.3) is 0 Å². The third-order valence-electron chi connectivity index (χ3n) is 4.89. The maximum absolute atomic E-state index is 12.7. The molecule has 27 heavy (non-hydrogen) atoms. The van der Waals surface area contributed by atoms with Crippen molar-refractivity contribution in [3.8, 4) is 0 Å². The van der Waals surface area contributed by atoms with E-state index in [1.54, 1.807) is 13.2 Å². The van der Waals surface area contributed by atoms with E-state index in [4.69, 9.17) is 9.15 Å². The molecule has 146 valence electrons. The number of ether oxygens (including phenoxy) is 1. The molecule has 0 aliphatic heterocycles. The van der Waals surface area contributed by atoms with Gasteiger partial charge in [0.05, 0.1) is 18.4 Å². The van der Waals surface area contributed by atoms with Gasteiger partial charge in [0.2, 0.25) is 0 Å². The molecule has 2 aromatic rings. The van der Waals surface area contributed by atoms with Gasteiger partial charge >= 0.3 is 5.97 Å². The normalized spacial score (nSPS) is 17.2. The highest BCUT2D eigenvalue weighted by Crippen LogP contribution is 2.40. The van der Waals surface area contributed by atoms with E-state index in [0.717, 1.165) is 30.6 Å². The summed E-state index contributed by atoms with van der Waals surface area (Å²) in [7, 11) is 0.